The van der Waals surface area contributed by atoms with Gasteiger partial charge in [0.2, 0.25) is 0 Å². The molecule has 1 aromatic rings. The number of hydrogen-bond acceptors (Lipinski definition) is 3. The molecule has 0 aliphatic carbocycles. The Morgan fingerprint density at radius 3 is 3.14 bits per heavy atom. The monoisotopic (exact) mass is 293 g/mol. The maximum atomic E-state index is 12.0. The Hall–Kier alpha value is -1.17. The van der Waals surface area contributed by atoms with Crippen molar-refractivity contribution in [3.05, 3.63) is 34.2 Å². The third kappa shape index (κ3) is 3.20. The van der Waals surface area contributed by atoms with Crippen molar-refractivity contribution in [3.63, 3.8) is 0 Å². The molecule has 3 rings (SSSR count). The predicted molar refractivity (Wildman–Crippen MR) is 79.6 cm³/mol. The van der Waals surface area contributed by atoms with Crippen LogP contribution in [0.3, 0.4) is 0 Å². The second-order valence-corrected chi connectivity index (χ2v) is 6.37. The van der Waals surface area contributed by atoms with E-state index in [-0.39, 0.29) is 5.56 Å². The molecule has 0 amide bonds. The molecule has 0 aromatic carbocycles. The van der Waals surface area contributed by atoms with E-state index < -0.39 is 6.10 Å². The molecule has 0 spiro atoms. The van der Waals surface area contributed by atoms with Crippen LogP contribution in [0.1, 0.15) is 25.0 Å². The van der Waals surface area contributed by atoms with E-state index in [9.17, 15) is 9.90 Å². The van der Waals surface area contributed by atoms with Crippen LogP contribution in [0.4, 0.5) is 0 Å². The Morgan fingerprint density at radius 2 is 2.33 bits per heavy atom. The minimum absolute atomic E-state index is 0.127. The summed E-state index contributed by atoms with van der Waals surface area (Å²) in [5, 5.41) is 10.0. The highest BCUT2D eigenvalue weighted by Crippen LogP contribution is 2.29. The van der Waals surface area contributed by atoms with Crippen molar-refractivity contribution in [2.75, 3.05) is 32.8 Å². The molecule has 2 aliphatic heterocycles. The lowest BCUT2D eigenvalue weighted by atomic mass is 9.83. The van der Waals surface area contributed by atoms with Crippen LogP contribution in [0.25, 0.3) is 0 Å². The number of hydrogen-bond donors (Lipinski definition) is 2. The topological polar surface area (TPSA) is 55.9 Å². The molecule has 3 heterocycles. The number of aliphatic hydroxyl groups is 1. The molecule has 1 fully saturated rings. The first-order valence-electron chi connectivity index (χ1n) is 7.96. The molecule has 2 N–H and O–H groups in total. The van der Waals surface area contributed by atoms with Crippen LogP contribution in [0, 0.1) is 5.92 Å². The van der Waals surface area contributed by atoms with Crippen molar-refractivity contribution in [2.24, 2.45) is 5.92 Å². The van der Waals surface area contributed by atoms with Crippen LogP contribution in [0.2, 0.25) is 0 Å². The zero-order valence-electron chi connectivity index (χ0n) is 12.6. The standard InChI is InChI=1S/C16H24N2O3/c1-2-21-11-14(19)10-17-7-12-6-13(9-17)15-4-3-5-16(20)18(15)8-12/h3-5,12-14,19H,2,6-11H2,1H3/p+1/t12-,13+,14-/m0/s1. The second-order valence-electron chi connectivity index (χ2n) is 6.37. The molecule has 5 nitrogen and oxygen atoms in total. The number of nitrogens with zero attached hydrogens (tertiary/aromatic N) is 1. The van der Waals surface area contributed by atoms with Crippen molar-refractivity contribution in [2.45, 2.75) is 31.9 Å². The molecule has 21 heavy (non-hydrogen) atoms. The molecule has 116 valence electrons. The molecule has 0 saturated carbocycles. The summed E-state index contributed by atoms with van der Waals surface area (Å²) in [7, 11) is 0. The molecule has 5 heteroatoms. The molecule has 1 saturated heterocycles. The Balaban J connectivity index is 1.69. The summed E-state index contributed by atoms with van der Waals surface area (Å²) in [4.78, 5) is 13.4. The number of aliphatic hydroxyl groups excluding tert-OH is 1. The van der Waals surface area contributed by atoms with E-state index in [2.05, 4.69) is 6.07 Å². The first-order valence-corrected chi connectivity index (χ1v) is 7.96. The largest absolute Gasteiger partial charge is 0.385 e. The van der Waals surface area contributed by atoms with Crippen molar-refractivity contribution in [1.82, 2.24) is 4.57 Å². The lowest BCUT2D eigenvalue weighted by molar-refractivity contribution is -0.914. The second kappa shape index (κ2) is 6.30. The van der Waals surface area contributed by atoms with Gasteiger partial charge in [-0.25, -0.2) is 0 Å². The van der Waals surface area contributed by atoms with Gasteiger partial charge in [-0.2, -0.15) is 0 Å². The average Bonchev–Trinajstić information content (AvgIpc) is 2.46. The smallest absolute Gasteiger partial charge is 0.250 e. The van der Waals surface area contributed by atoms with E-state index >= 15 is 0 Å². The highest BCUT2D eigenvalue weighted by Gasteiger charge is 2.37. The van der Waals surface area contributed by atoms with E-state index in [0.29, 0.717) is 25.0 Å². The molecule has 2 bridgehead atoms. The van der Waals surface area contributed by atoms with E-state index in [4.69, 9.17) is 4.74 Å². The lowest BCUT2D eigenvalue weighted by Crippen LogP contribution is -3.15. The van der Waals surface area contributed by atoms with Gasteiger partial charge >= 0.3 is 0 Å². The van der Waals surface area contributed by atoms with E-state index in [1.807, 2.05) is 17.6 Å². The van der Waals surface area contributed by atoms with E-state index in [0.717, 1.165) is 26.2 Å². The summed E-state index contributed by atoms with van der Waals surface area (Å²) in [5.74, 6) is 0.992. The summed E-state index contributed by atoms with van der Waals surface area (Å²) in [6.45, 7) is 6.63. The number of fused-ring (bicyclic) bond motifs is 4. The van der Waals surface area contributed by atoms with Crippen molar-refractivity contribution in [1.29, 1.82) is 0 Å². The van der Waals surface area contributed by atoms with Gasteiger partial charge < -0.3 is 19.3 Å². The van der Waals surface area contributed by atoms with Crippen molar-refractivity contribution < 1.29 is 14.7 Å². The molecule has 1 aromatic heterocycles. The predicted octanol–water partition coefficient (Wildman–Crippen LogP) is -0.752. The first kappa shape index (κ1) is 14.8. The Kier molecular flexibility index (Phi) is 4.42. The number of nitrogens with one attached hydrogen (secondary N) is 1. The summed E-state index contributed by atoms with van der Waals surface area (Å²) in [5.41, 5.74) is 1.30. The fourth-order valence-electron chi connectivity index (χ4n) is 3.93. The third-order valence-corrected chi connectivity index (χ3v) is 4.71. The number of aromatic nitrogens is 1. The first-order chi connectivity index (χ1) is 10.2. The Morgan fingerprint density at radius 1 is 1.48 bits per heavy atom. The SMILES string of the molecule is CCOC[C@@H](O)C[NH+]1C[C@@H]2C[C@H](C1)c1cccc(=O)n1C2. The molecule has 0 radical (unpaired) electrons. The van der Waals surface area contributed by atoms with Gasteiger partial charge in [0.15, 0.2) is 0 Å². The zero-order valence-corrected chi connectivity index (χ0v) is 12.6. The molecular weight excluding hydrogens is 268 g/mol. The highest BCUT2D eigenvalue weighted by molar-refractivity contribution is 5.15. The van der Waals surface area contributed by atoms with Gasteiger partial charge in [-0.05, 0) is 19.4 Å². The molecular formula is C16H25N2O3+. The number of ether oxygens (including phenoxy) is 1. The summed E-state index contributed by atoms with van der Waals surface area (Å²) in [6.07, 6.45) is 0.783. The van der Waals surface area contributed by atoms with E-state index in [1.165, 1.54) is 17.0 Å². The summed E-state index contributed by atoms with van der Waals surface area (Å²) in [6, 6.07) is 5.61. The van der Waals surface area contributed by atoms with Crippen LogP contribution in [0.15, 0.2) is 23.0 Å². The zero-order chi connectivity index (χ0) is 14.8. The van der Waals surface area contributed by atoms with Gasteiger partial charge in [0.05, 0.1) is 19.7 Å². The minimum Gasteiger partial charge on any atom is -0.385 e. The van der Waals surface area contributed by atoms with Crippen LogP contribution in [-0.4, -0.2) is 48.6 Å². The van der Waals surface area contributed by atoms with Crippen LogP contribution in [0.5, 0.6) is 0 Å². The van der Waals surface area contributed by atoms with Gasteiger partial charge in [-0.1, -0.05) is 6.07 Å². The Labute approximate surface area is 125 Å². The summed E-state index contributed by atoms with van der Waals surface area (Å²) < 4.78 is 7.24. The Bertz CT molecular complexity index is 543. The number of piperidine rings is 1. The van der Waals surface area contributed by atoms with Crippen LogP contribution in [-0.2, 0) is 11.3 Å². The third-order valence-electron chi connectivity index (χ3n) is 4.71. The molecule has 4 atom stereocenters. The number of pyridine rings is 1. The maximum absolute atomic E-state index is 12.0. The molecule has 1 unspecified atom stereocenters. The maximum Gasteiger partial charge on any atom is 0.250 e. The van der Waals surface area contributed by atoms with Gasteiger partial charge in [0.25, 0.3) is 5.56 Å². The summed E-state index contributed by atoms with van der Waals surface area (Å²) >= 11 is 0. The quantitative estimate of drug-likeness (QED) is 0.751. The number of rotatable bonds is 5. The minimum atomic E-state index is -0.392. The number of quaternary nitrogens is 1. The van der Waals surface area contributed by atoms with Crippen LogP contribution < -0.4 is 10.5 Å². The van der Waals surface area contributed by atoms with Gasteiger partial charge in [0, 0.05) is 36.7 Å². The fraction of sp³-hybridized carbons (Fsp3) is 0.688. The van der Waals surface area contributed by atoms with E-state index in [1.54, 1.807) is 6.07 Å². The normalized spacial score (nSPS) is 29.0. The van der Waals surface area contributed by atoms with Gasteiger partial charge in [-0.15, -0.1) is 0 Å². The van der Waals surface area contributed by atoms with Gasteiger partial charge in [0.1, 0.15) is 12.6 Å². The molecule has 2 aliphatic rings. The fourth-order valence-corrected chi connectivity index (χ4v) is 3.93. The lowest BCUT2D eigenvalue weighted by Gasteiger charge is -2.40. The van der Waals surface area contributed by atoms with Crippen molar-refractivity contribution >= 4 is 0 Å². The highest BCUT2D eigenvalue weighted by atomic mass is 16.5. The van der Waals surface area contributed by atoms with Crippen LogP contribution >= 0.6 is 0 Å². The van der Waals surface area contributed by atoms with Crippen molar-refractivity contribution in [3.8, 4) is 0 Å². The number of likely N-dealkylation sites (tertiary alicyclic amines) is 1. The van der Waals surface area contributed by atoms with Gasteiger partial charge in [-0.3, -0.25) is 4.79 Å². The average molecular weight is 293 g/mol.